The third-order valence-corrected chi connectivity index (χ3v) is 4.10. The summed E-state index contributed by atoms with van der Waals surface area (Å²) in [6, 6.07) is 0.725. The molecule has 0 radical (unpaired) electrons. The van der Waals surface area contributed by atoms with Crippen LogP contribution in [-0.2, 0) is 4.74 Å². The third-order valence-electron chi connectivity index (χ3n) is 4.10. The molecule has 16 heavy (non-hydrogen) atoms. The van der Waals surface area contributed by atoms with E-state index >= 15 is 0 Å². The molecule has 0 aromatic carbocycles. The number of nitrogens with zero attached hydrogens (tertiary/aromatic N) is 1. The van der Waals surface area contributed by atoms with Gasteiger partial charge in [0.05, 0.1) is 6.10 Å². The maximum atomic E-state index is 5.40. The fourth-order valence-corrected chi connectivity index (χ4v) is 3.00. The molecule has 0 aliphatic carbocycles. The molecule has 0 aromatic heterocycles. The van der Waals surface area contributed by atoms with Crippen LogP contribution in [0, 0.1) is 5.92 Å². The lowest BCUT2D eigenvalue weighted by Gasteiger charge is -2.36. The Bertz CT molecular complexity index is 202. The number of piperidine rings is 2. The summed E-state index contributed by atoms with van der Waals surface area (Å²) in [6.07, 6.45) is 5.62. The minimum absolute atomic E-state index is 0.509. The van der Waals surface area contributed by atoms with E-state index in [0.29, 0.717) is 6.10 Å². The molecule has 2 rings (SSSR count). The van der Waals surface area contributed by atoms with Crippen LogP contribution in [0.3, 0.4) is 0 Å². The number of likely N-dealkylation sites (tertiary alicyclic amines) is 1. The first-order chi connectivity index (χ1) is 7.78. The molecular formula is C13H26N2O. The smallest absolute Gasteiger partial charge is 0.0595 e. The molecule has 0 bridgehead atoms. The molecule has 2 saturated heterocycles. The summed E-state index contributed by atoms with van der Waals surface area (Å²) in [4.78, 5) is 2.60. The van der Waals surface area contributed by atoms with Crippen LogP contribution in [0.1, 0.15) is 32.6 Å². The highest BCUT2D eigenvalue weighted by molar-refractivity contribution is 4.81. The van der Waals surface area contributed by atoms with Crippen LogP contribution in [0.5, 0.6) is 0 Å². The second-order valence-electron chi connectivity index (χ2n) is 5.52. The Morgan fingerprint density at radius 3 is 2.62 bits per heavy atom. The fourth-order valence-electron chi connectivity index (χ4n) is 3.00. The summed E-state index contributed by atoms with van der Waals surface area (Å²) in [7, 11) is 1.84. The van der Waals surface area contributed by atoms with Gasteiger partial charge in [-0.15, -0.1) is 0 Å². The predicted molar refractivity (Wildman–Crippen MR) is 66.7 cm³/mol. The van der Waals surface area contributed by atoms with Gasteiger partial charge in [-0.25, -0.2) is 0 Å². The molecule has 94 valence electrons. The van der Waals surface area contributed by atoms with Gasteiger partial charge >= 0.3 is 0 Å². The van der Waals surface area contributed by atoms with Crippen molar-refractivity contribution in [2.75, 3.05) is 33.3 Å². The van der Waals surface area contributed by atoms with Crippen molar-refractivity contribution in [1.29, 1.82) is 0 Å². The standard InChI is InChI=1S/C13H26N2O/c1-11-3-6-14-12(9-11)10-15-7-4-13(16-2)5-8-15/h11-14H,3-10H2,1-2H3. The molecule has 0 aromatic rings. The van der Waals surface area contributed by atoms with Gasteiger partial charge in [0.1, 0.15) is 0 Å². The van der Waals surface area contributed by atoms with Gasteiger partial charge in [-0.2, -0.15) is 0 Å². The highest BCUT2D eigenvalue weighted by Gasteiger charge is 2.23. The van der Waals surface area contributed by atoms with Gasteiger partial charge in [-0.1, -0.05) is 6.92 Å². The first-order valence-electron chi connectivity index (χ1n) is 6.76. The lowest BCUT2D eigenvalue weighted by atomic mass is 9.93. The van der Waals surface area contributed by atoms with Crippen molar-refractivity contribution >= 4 is 0 Å². The Morgan fingerprint density at radius 2 is 2.00 bits per heavy atom. The van der Waals surface area contributed by atoms with Crippen molar-refractivity contribution in [3.8, 4) is 0 Å². The molecule has 2 heterocycles. The van der Waals surface area contributed by atoms with Gasteiger partial charge in [0.15, 0.2) is 0 Å². The number of hydrogen-bond donors (Lipinski definition) is 1. The third kappa shape index (κ3) is 3.44. The van der Waals surface area contributed by atoms with Crippen molar-refractivity contribution in [3.63, 3.8) is 0 Å². The summed E-state index contributed by atoms with van der Waals surface area (Å²) in [6.45, 7) is 7.25. The fraction of sp³-hybridized carbons (Fsp3) is 1.00. The van der Waals surface area contributed by atoms with E-state index in [2.05, 4.69) is 17.1 Å². The number of methoxy groups -OCH3 is 1. The molecule has 0 spiro atoms. The highest BCUT2D eigenvalue weighted by atomic mass is 16.5. The van der Waals surface area contributed by atoms with Gasteiger partial charge in [-0.3, -0.25) is 0 Å². The monoisotopic (exact) mass is 226 g/mol. The Hall–Kier alpha value is -0.120. The summed E-state index contributed by atoms with van der Waals surface area (Å²) in [5, 5.41) is 3.65. The van der Waals surface area contributed by atoms with Crippen LogP contribution in [0.2, 0.25) is 0 Å². The van der Waals surface area contributed by atoms with E-state index in [0.717, 1.165) is 12.0 Å². The lowest BCUT2D eigenvalue weighted by Crippen LogP contribution is -2.48. The van der Waals surface area contributed by atoms with Gasteiger partial charge in [0, 0.05) is 32.8 Å². The van der Waals surface area contributed by atoms with Gasteiger partial charge in [0.25, 0.3) is 0 Å². The SMILES string of the molecule is COC1CCN(CC2CC(C)CCN2)CC1. The quantitative estimate of drug-likeness (QED) is 0.789. The molecule has 2 fully saturated rings. The van der Waals surface area contributed by atoms with Crippen molar-refractivity contribution < 1.29 is 4.74 Å². The van der Waals surface area contributed by atoms with E-state index in [1.54, 1.807) is 0 Å². The Morgan fingerprint density at radius 1 is 1.25 bits per heavy atom. The molecule has 2 aliphatic rings. The molecule has 3 heteroatoms. The average molecular weight is 226 g/mol. The van der Waals surface area contributed by atoms with Crippen molar-refractivity contribution in [2.45, 2.75) is 44.8 Å². The maximum absolute atomic E-state index is 5.40. The number of nitrogens with one attached hydrogen (secondary N) is 1. The zero-order valence-electron chi connectivity index (χ0n) is 10.7. The zero-order valence-corrected chi connectivity index (χ0v) is 10.7. The minimum Gasteiger partial charge on any atom is -0.381 e. The molecule has 2 aliphatic heterocycles. The Kier molecular flexibility index (Phi) is 4.62. The van der Waals surface area contributed by atoms with Gasteiger partial charge < -0.3 is 15.0 Å². The van der Waals surface area contributed by atoms with Crippen molar-refractivity contribution in [3.05, 3.63) is 0 Å². The van der Waals surface area contributed by atoms with E-state index in [9.17, 15) is 0 Å². The van der Waals surface area contributed by atoms with Crippen LogP contribution in [0.15, 0.2) is 0 Å². The van der Waals surface area contributed by atoms with E-state index in [1.807, 2.05) is 7.11 Å². The first-order valence-corrected chi connectivity index (χ1v) is 6.76. The molecule has 0 amide bonds. The topological polar surface area (TPSA) is 24.5 Å². The van der Waals surface area contributed by atoms with Crippen LogP contribution in [0.4, 0.5) is 0 Å². The normalized spacial score (nSPS) is 34.1. The van der Waals surface area contributed by atoms with Crippen LogP contribution in [0.25, 0.3) is 0 Å². The molecule has 2 atom stereocenters. The molecular weight excluding hydrogens is 200 g/mol. The molecule has 2 unspecified atom stereocenters. The Balaban J connectivity index is 1.69. The summed E-state index contributed by atoms with van der Waals surface area (Å²) >= 11 is 0. The number of hydrogen-bond acceptors (Lipinski definition) is 3. The van der Waals surface area contributed by atoms with Crippen LogP contribution < -0.4 is 5.32 Å². The number of rotatable bonds is 3. The average Bonchev–Trinajstić information content (AvgIpc) is 2.30. The van der Waals surface area contributed by atoms with Crippen molar-refractivity contribution in [2.24, 2.45) is 5.92 Å². The lowest BCUT2D eigenvalue weighted by molar-refractivity contribution is 0.0367. The van der Waals surface area contributed by atoms with Crippen LogP contribution >= 0.6 is 0 Å². The van der Waals surface area contributed by atoms with E-state index < -0.39 is 0 Å². The summed E-state index contributed by atoms with van der Waals surface area (Å²) in [5.74, 6) is 0.905. The second-order valence-corrected chi connectivity index (χ2v) is 5.52. The Labute approximate surface area is 99.5 Å². The highest BCUT2D eigenvalue weighted by Crippen LogP contribution is 2.18. The molecule has 3 nitrogen and oxygen atoms in total. The second kappa shape index (κ2) is 5.99. The van der Waals surface area contributed by atoms with E-state index in [1.165, 1.54) is 51.9 Å². The molecule has 0 saturated carbocycles. The van der Waals surface area contributed by atoms with Crippen molar-refractivity contribution in [1.82, 2.24) is 10.2 Å². The minimum atomic E-state index is 0.509. The van der Waals surface area contributed by atoms with Gasteiger partial charge in [0.2, 0.25) is 0 Å². The largest absolute Gasteiger partial charge is 0.381 e. The zero-order chi connectivity index (χ0) is 11.4. The molecule has 1 N–H and O–H groups in total. The summed E-state index contributed by atoms with van der Waals surface area (Å²) < 4.78 is 5.40. The van der Waals surface area contributed by atoms with E-state index in [4.69, 9.17) is 4.74 Å². The predicted octanol–water partition coefficient (Wildman–Crippen LogP) is 1.49. The number of ether oxygens (including phenoxy) is 1. The van der Waals surface area contributed by atoms with E-state index in [-0.39, 0.29) is 0 Å². The first kappa shape index (κ1) is 12.3. The maximum Gasteiger partial charge on any atom is 0.0595 e. The van der Waals surface area contributed by atoms with Crippen LogP contribution in [-0.4, -0.2) is 50.3 Å². The summed E-state index contributed by atoms with van der Waals surface area (Å²) in [5.41, 5.74) is 0. The van der Waals surface area contributed by atoms with Gasteiger partial charge in [-0.05, 0) is 38.1 Å².